The molecule has 3 aromatic rings. The number of rotatable bonds is 2. The van der Waals surface area contributed by atoms with Crippen molar-refractivity contribution in [2.24, 2.45) is 0 Å². The van der Waals surface area contributed by atoms with Crippen molar-refractivity contribution < 1.29 is 0 Å². The van der Waals surface area contributed by atoms with Crippen LogP contribution in [-0.2, 0) is 0 Å². The minimum Gasteiger partial charge on any atom is -0.240 e. The molecular formula is C16H10ClN3. The largest absolute Gasteiger partial charge is 0.240 e. The van der Waals surface area contributed by atoms with Gasteiger partial charge in [0.1, 0.15) is 0 Å². The van der Waals surface area contributed by atoms with E-state index in [0.29, 0.717) is 10.6 Å². The third kappa shape index (κ3) is 2.42. The Kier molecular flexibility index (Phi) is 3.24. The second-order valence-corrected chi connectivity index (χ2v) is 4.78. The molecule has 0 radical (unpaired) electrons. The van der Waals surface area contributed by atoms with Gasteiger partial charge in [-0.1, -0.05) is 29.8 Å². The fourth-order valence-electron chi connectivity index (χ4n) is 1.97. The summed E-state index contributed by atoms with van der Waals surface area (Å²) in [6.07, 6.45) is 3.72. The van der Waals surface area contributed by atoms with Crippen LogP contribution in [0.1, 0.15) is 5.56 Å². The van der Waals surface area contributed by atoms with Crippen molar-refractivity contribution in [3.8, 4) is 22.9 Å². The van der Waals surface area contributed by atoms with Crippen molar-refractivity contribution in [2.75, 3.05) is 0 Å². The molecule has 3 rings (SSSR count). The first-order valence-electron chi connectivity index (χ1n) is 6.07. The molecule has 0 atom stereocenters. The number of aromatic nitrogens is 2. The molecule has 0 aliphatic heterocycles. The molecule has 3 nitrogen and oxygen atoms in total. The summed E-state index contributed by atoms with van der Waals surface area (Å²) < 4.78 is 1.75. The fraction of sp³-hybridized carbons (Fsp3) is 0. The van der Waals surface area contributed by atoms with Crippen molar-refractivity contribution in [2.45, 2.75) is 0 Å². The number of benzene rings is 2. The van der Waals surface area contributed by atoms with Gasteiger partial charge >= 0.3 is 0 Å². The number of nitrogens with zero attached hydrogens (tertiary/aromatic N) is 3. The van der Waals surface area contributed by atoms with Gasteiger partial charge in [0, 0.05) is 16.8 Å². The molecule has 4 heteroatoms. The molecule has 0 aliphatic rings. The van der Waals surface area contributed by atoms with E-state index in [-0.39, 0.29) is 0 Å². The van der Waals surface area contributed by atoms with Gasteiger partial charge in [-0.15, -0.1) is 0 Å². The normalized spacial score (nSPS) is 10.2. The highest BCUT2D eigenvalue weighted by atomic mass is 35.5. The summed E-state index contributed by atoms with van der Waals surface area (Å²) >= 11 is 5.88. The summed E-state index contributed by atoms with van der Waals surface area (Å²) in [6.45, 7) is 0. The first-order valence-corrected chi connectivity index (χ1v) is 6.45. The van der Waals surface area contributed by atoms with E-state index >= 15 is 0 Å². The Labute approximate surface area is 121 Å². The highest BCUT2D eigenvalue weighted by Crippen LogP contribution is 2.22. The van der Waals surface area contributed by atoms with E-state index in [1.54, 1.807) is 23.0 Å². The molecule has 0 spiro atoms. The monoisotopic (exact) mass is 279 g/mol. The summed E-state index contributed by atoms with van der Waals surface area (Å²) in [5.41, 5.74) is 3.54. The smallest absolute Gasteiger partial charge is 0.0992 e. The highest BCUT2D eigenvalue weighted by molar-refractivity contribution is 6.30. The number of nitriles is 1. The molecule has 96 valence electrons. The van der Waals surface area contributed by atoms with Crippen LogP contribution >= 0.6 is 11.6 Å². The summed E-state index contributed by atoms with van der Waals surface area (Å²) in [7, 11) is 0. The van der Waals surface area contributed by atoms with Crippen LogP contribution in [0.3, 0.4) is 0 Å². The third-order valence-corrected chi connectivity index (χ3v) is 3.25. The zero-order valence-corrected chi connectivity index (χ0v) is 11.2. The van der Waals surface area contributed by atoms with Gasteiger partial charge in [-0.25, -0.2) is 4.68 Å². The Hall–Kier alpha value is -2.57. The van der Waals surface area contributed by atoms with Crippen LogP contribution in [0.25, 0.3) is 16.8 Å². The Morgan fingerprint density at radius 2 is 1.85 bits per heavy atom. The Morgan fingerprint density at radius 3 is 2.60 bits per heavy atom. The zero-order valence-electron chi connectivity index (χ0n) is 10.5. The SMILES string of the molecule is N#Cc1cccc(-n2cc(-c3ccc(Cl)cc3)cn2)c1. The summed E-state index contributed by atoms with van der Waals surface area (Å²) in [4.78, 5) is 0. The van der Waals surface area contributed by atoms with Crippen LogP contribution in [0.2, 0.25) is 5.02 Å². The van der Waals surface area contributed by atoms with E-state index in [4.69, 9.17) is 16.9 Å². The van der Waals surface area contributed by atoms with Crippen LogP contribution in [0.5, 0.6) is 0 Å². The summed E-state index contributed by atoms with van der Waals surface area (Å²) in [6, 6.07) is 17.1. The predicted molar refractivity (Wildman–Crippen MR) is 78.7 cm³/mol. The summed E-state index contributed by atoms with van der Waals surface area (Å²) in [5, 5.41) is 14.0. The van der Waals surface area contributed by atoms with Gasteiger partial charge in [0.2, 0.25) is 0 Å². The molecule has 0 amide bonds. The van der Waals surface area contributed by atoms with Crippen LogP contribution in [-0.4, -0.2) is 9.78 Å². The number of hydrogen-bond acceptors (Lipinski definition) is 2. The molecule has 1 aromatic heterocycles. The first kappa shape index (κ1) is 12.5. The Morgan fingerprint density at radius 1 is 1.05 bits per heavy atom. The highest BCUT2D eigenvalue weighted by Gasteiger charge is 2.04. The van der Waals surface area contributed by atoms with Gasteiger partial charge in [0.05, 0.1) is 23.5 Å². The molecule has 0 N–H and O–H groups in total. The Balaban J connectivity index is 1.97. The molecule has 0 bridgehead atoms. The van der Waals surface area contributed by atoms with Gasteiger partial charge in [-0.05, 0) is 35.9 Å². The standard InChI is InChI=1S/C16H10ClN3/c17-15-6-4-13(5-7-15)14-10-19-20(11-14)16-3-1-2-12(8-16)9-18/h1-8,10-11H. The van der Waals surface area contributed by atoms with Gasteiger partial charge in [-0.3, -0.25) is 0 Å². The van der Waals surface area contributed by atoms with Gasteiger partial charge in [0.25, 0.3) is 0 Å². The van der Waals surface area contributed by atoms with E-state index in [1.165, 1.54) is 0 Å². The average Bonchev–Trinajstić information content (AvgIpc) is 2.98. The average molecular weight is 280 g/mol. The first-order chi connectivity index (χ1) is 9.76. The molecule has 1 heterocycles. The second-order valence-electron chi connectivity index (χ2n) is 4.34. The van der Waals surface area contributed by atoms with E-state index in [1.807, 2.05) is 42.6 Å². The minimum absolute atomic E-state index is 0.617. The lowest BCUT2D eigenvalue weighted by Crippen LogP contribution is -1.94. The van der Waals surface area contributed by atoms with Gasteiger partial charge < -0.3 is 0 Å². The van der Waals surface area contributed by atoms with Gasteiger partial charge in [0.15, 0.2) is 0 Å². The minimum atomic E-state index is 0.617. The van der Waals surface area contributed by atoms with Crippen LogP contribution in [0, 0.1) is 11.3 Å². The molecule has 20 heavy (non-hydrogen) atoms. The van der Waals surface area contributed by atoms with Crippen molar-refractivity contribution in [1.82, 2.24) is 9.78 Å². The molecule has 2 aromatic carbocycles. The Bertz CT molecular complexity index is 782. The maximum absolute atomic E-state index is 8.93. The van der Waals surface area contributed by atoms with Crippen LogP contribution < -0.4 is 0 Å². The topological polar surface area (TPSA) is 41.6 Å². The number of halogens is 1. The lowest BCUT2D eigenvalue weighted by Gasteiger charge is -2.01. The second kappa shape index (κ2) is 5.20. The molecule has 0 unspecified atom stereocenters. The van der Waals surface area contributed by atoms with Crippen LogP contribution in [0.4, 0.5) is 0 Å². The number of hydrogen-bond donors (Lipinski definition) is 0. The zero-order chi connectivity index (χ0) is 13.9. The van der Waals surface area contributed by atoms with Crippen LogP contribution in [0.15, 0.2) is 60.9 Å². The van der Waals surface area contributed by atoms with Crippen molar-refractivity contribution >= 4 is 11.6 Å². The predicted octanol–water partition coefficient (Wildman–Crippen LogP) is 4.06. The van der Waals surface area contributed by atoms with Gasteiger partial charge in [-0.2, -0.15) is 10.4 Å². The quantitative estimate of drug-likeness (QED) is 0.710. The van der Waals surface area contributed by atoms with E-state index in [2.05, 4.69) is 11.2 Å². The fourth-order valence-corrected chi connectivity index (χ4v) is 2.10. The van der Waals surface area contributed by atoms with Crippen molar-refractivity contribution in [1.29, 1.82) is 5.26 Å². The maximum atomic E-state index is 8.93. The molecule has 0 saturated carbocycles. The van der Waals surface area contributed by atoms with E-state index < -0.39 is 0 Å². The molecule has 0 saturated heterocycles. The van der Waals surface area contributed by atoms with E-state index in [9.17, 15) is 0 Å². The molecule has 0 aliphatic carbocycles. The van der Waals surface area contributed by atoms with Crippen molar-refractivity contribution in [3.05, 3.63) is 71.5 Å². The molecular weight excluding hydrogens is 270 g/mol. The van der Waals surface area contributed by atoms with Crippen molar-refractivity contribution in [3.63, 3.8) is 0 Å². The lowest BCUT2D eigenvalue weighted by molar-refractivity contribution is 0.880. The third-order valence-electron chi connectivity index (χ3n) is 3.00. The molecule has 0 fully saturated rings. The lowest BCUT2D eigenvalue weighted by atomic mass is 10.1. The maximum Gasteiger partial charge on any atom is 0.0992 e. The summed E-state index contributed by atoms with van der Waals surface area (Å²) in [5.74, 6) is 0. The van der Waals surface area contributed by atoms with E-state index in [0.717, 1.165) is 16.8 Å².